The molecule has 0 amide bonds. The summed E-state index contributed by atoms with van der Waals surface area (Å²) < 4.78 is 5.63. The van der Waals surface area contributed by atoms with Crippen molar-refractivity contribution < 1.29 is 14.3 Å². The zero-order valence-electron chi connectivity index (χ0n) is 8.17. The number of hydrogen-bond donors (Lipinski definition) is 2. The van der Waals surface area contributed by atoms with Gasteiger partial charge in [-0.1, -0.05) is 0 Å². The second kappa shape index (κ2) is 2.97. The molecule has 2 aliphatic rings. The van der Waals surface area contributed by atoms with Crippen LogP contribution in [-0.4, -0.2) is 17.6 Å². The molecule has 0 bridgehead atoms. The van der Waals surface area contributed by atoms with Crippen LogP contribution in [0, 0.1) is 0 Å². The molecule has 15 heavy (non-hydrogen) atoms. The molecule has 0 fully saturated rings. The van der Waals surface area contributed by atoms with Crippen LogP contribution >= 0.6 is 0 Å². The van der Waals surface area contributed by atoms with E-state index in [0.717, 1.165) is 36.6 Å². The number of furan rings is 1. The van der Waals surface area contributed by atoms with Gasteiger partial charge in [0.15, 0.2) is 0 Å². The molecule has 0 aromatic carbocycles. The molecule has 1 aromatic heterocycles. The Balaban J connectivity index is 2.04. The monoisotopic (exact) mass is 205 g/mol. The SMILES string of the molecule is O=C(O)C1=Cc2oc3c(c2C1)CCNC3. The van der Waals surface area contributed by atoms with Gasteiger partial charge >= 0.3 is 5.97 Å². The molecule has 78 valence electrons. The standard InChI is InChI=1S/C11H11NO3/c13-11(14)6-3-8-7-1-2-12-5-10(7)15-9(8)4-6/h4,12H,1-3,5H2,(H,13,14). The van der Waals surface area contributed by atoms with E-state index in [1.165, 1.54) is 5.56 Å². The molecular weight excluding hydrogens is 194 g/mol. The molecule has 0 radical (unpaired) electrons. The first kappa shape index (κ1) is 8.73. The molecule has 3 rings (SSSR count). The Kier molecular flexibility index (Phi) is 1.73. The molecule has 2 N–H and O–H groups in total. The van der Waals surface area contributed by atoms with Crippen LogP contribution in [0.4, 0.5) is 0 Å². The van der Waals surface area contributed by atoms with Crippen molar-refractivity contribution in [1.29, 1.82) is 0 Å². The van der Waals surface area contributed by atoms with Crippen molar-refractivity contribution in [2.75, 3.05) is 6.54 Å². The van der Waals surface area contributed by atoms with Gasteiger partial charge in [0, 0.05) is 23.1 Å². The van der Waals surface area contributed by atoms with Crippen molar-refractivity contribution in [2.24, 2.45) is 0 Å². The smallest absolute Gasteiger partial charge is 0.332 e. The van der Waals surface area contributed by atoms with Gasteiger partial charge in [0.2, 0.25) is 0 Å². The van der Waals surface area contributed by atoms with E-state index in [2.05, 4.69) is 5.32 Å². The Labute approximate surface area is 86.6 Å². The zero-order valence-corrected chi connectivity index (χ0v) is 8.17. The summed E-state index contributed by atoms with van der Waals surface area (Å²) in [4.78, 5) is 10.8. The second-order valence-electron chi connectivity index (χ2n) is 3.92. The molecule has 0 spiro atoms. The summed E-state index contributed by atoms with van der Waals surface area (Å²) >= 11 is 0. The highest BCUT2D eigenvalue weighted by Gasteiger charge is 2.28. The maximum absolute atomic E-state index is 10.8. The molecule has 4 nitrogen and oxygen atoms in total. The van der Waals surface area contributed by atoms with Crippen LogP contribution in [0.3, 0.4) is 0 Å². The molecule has 2 heterocycles. The molecule has 1 aromatic rings. The second-order valence-corrected chi connectivity index (χ2v) is 3.92. The molecule has 4 heteroatoms. The molecule has 0 saturated heterocycles. The summed E-state index contributed by atoms with van der Waals surface area (Å²) in [6.45, 7) is 1.71. The lowest BCUT2D eigenvalue weighted by molar-refractivity contribution is -0.132. The summed E-state index contributed by atoms with van der Waals surface area (Å²) in [5, 5.41) is 12.1. The third-order valence-corrected chi connectivity index (χ3v) is 3.02. The number of fused-ring (bicyclic) bond motifs is 3. The van der Waals surface area contributed by atoms with Crippen molar-refractivity contribution in [3.05, 3.63) is 28.2 Å². The lowest BCUT2D eigenvalue weighted by Gasteiger charge is -2.12. The van der Waals surface area contributed by atoms with E-state index < -0.39 is 5.97 Å². The highest BCUT2D eigenvalue weighted by atomic mass is 16.4. The Morgan fingerprint density at radius 3 is 3.13 bits per heavy atom. The van der Waals surface area contributed by atoms with Gasteiger partial charge in [-0.2, -0.15) is 0 Å². The van der Waals surface area contributed by atoms with Gasteiger partial charge < -0.3 is 14.8 Å². The number of carboxylic acid groups (broad SMARTS) is 1. The van der Waals surface area contributed by atoms with Gasteiger partial charge in [0.25, 0.3) is 0 Å². The first-order chi connectivity index (χ1) is 7.25. The summed E-state index contributed by atoms with van der Waals surface area (Å²) in [5.74, 6) is 0.886. The van der Waals surface area contributed by atoms with Gasteiger partial charge in [-0.25, -0.2) is 4.79 Å². The molecule has 0 saturated carbocycles. The van der Waals surface area contributed by atoms with Crippen molar-refractivity contribution in [2.45, 2.75) is 19.4 Å². The van der Waals surface area contributed by atoms with E-state index >= 15 is 0 Å². The molecular formula is C11H11NO3. The Morgan fingerprint density at radius 1 is 1.47 bits per heavy atom. The van der Waals surface area contributed by atoms with Crippen molar-refractivity contribution in [3.63, 3.8) is 0 Å². The minimum Gasteiger partial charge on any atom is -0.478 e. The average molecular weight is 205 g/mol. The van der Waals surface area contributed by atoms with Gasteiger partial charge in [0.1, 0.15) is 11.5 Å². The number of aliphatic carboxylic acids is 1. The predicted molar refractivity (Wildman–Crippen MR) is 53.4 cm³/mol. The number of carbonyl (C=O) groups is 1. The Morgan fingerprint density at radius 2 is 2.33 bits per heavy atom. The van der Waals surface area contributed by atoms with Gasteiger partial charge in [-0.15, -0.1) is 0 Å². The van der Waals surface area contributed by atoms with Crippen LogP contribution in [0.5, 0.6) is 0 Å². The van der Waals surface area contributed by atoms with E-state index in [4.69, 9.17) is 9.52 Å². The number of rotatable bonds is 1. The lowest BCUT2D eigenvalue weighted by Crippen LogP contribution is -2.23. The average Bonchev–Trinajstić information content (AvgIpc) is 2.73. The Bertz CT molecular complexity index is 470. The third kappa shape index (κ3) is 1.22. The maximum Gasteiger partial charge on any atom is 0.332 e. The maximum atomic E-state index is 10.8. The predicted octanol–water partition coefficient (Wildman–Crippen LogP) is 0.949. The van der Waals surface area contributed by atoms with Crippen LogP contribution in [0.25, 0.3) is 6.08 Å². The van der Waals surface area contributed by atoms with Crippen LogP contribution < -0.4 is 5.32 Å². The topological polar surface area (TPSA) is 62.5 Å². The minimum absolute atomic E-state index is 0.435. The first-order valence-electron chi connectivity index (χ1n) is 5.03. The fraction of sp³-hybridized carbons (Fsp3) is 0.364. The van der Waals surface area contributed by atoms with Gasteiger partial charge in [-0.05, 0) is 19.0 Å². The molecule has 0 unspecified atom stereocenters. The van der Waals surface area contributed by atoms with E-state index in [0.29, 0.717) is 12.0 Å². The summed E-state index contributed by atoms with van der Waals surface area (Å²) in [6, 6.07) is 0. The van der Waals surface area contributed by atoms with Crippen LogP contribution in [0.2, 0.25) is 0 Å². The minimum atomic E-state index is -0.843. The van der Waals surface area contributed by atoms with Crippen molar-refractivity contribution in [3.8, 4) is 0 Å². The van der Waals surface area contributed by atoms with Crippen molar-refractivity contribution in [1.82, 2.24) is 5.32 Å². The van der Waals surface area contributed by atoms with Crippen molar-refractivity contribution >= 4 is 12.0 Å². The molecule has 1 aliphatic carbocycles. The van der Waals surface area contributed by atoms with E-state index in [1.54, 1.807) is 6.08 Å². The highest BCUT2D eigenvalue weighted by molar-refractivity contribution is 5.94. The van der Waals surface area contributed by atoms with Gasteiger partial charge in [-0.3, -0.25) is 0 Å². The number of hydrogen-bond acceptors (Lipinski definition) is 3. The first-order valence-corrected chi connectivity index (χ1v) is 5.03. The zero-order chi connectivity index (χ0) is 10.4. The van der Waals surface area contributed by atoms with Gasteiger partial charge in [0.05, 0.1) is 6.54 Å². The van der Waals surface area contributed by atoms with Crippen LogP contribution in [0.15, 0.2) is 9.99 Å². The van der Waals surface area contributed by atoms with E-state index in [1.807, 2.05) is 0 Å². The summed E-state index contributed by atoms with van der Waals surface area (Å²) in [6.07, 6.45) is 3.11. The lowest BCUT2D eigenvalue weighted by atomic mass is 10.0. The summed E-state index contributed by atoms with van der Waals surface area (Å²) in [5.41, 5.74) is 2.74. The number of nitrogens with one attached hydrogen (secondary N) is 1. The van der Waals surface area contributed by atoms with Crippen LogP contribution in [0.1, 0.15) is 22.6 Å². The molecule has 0 atom stereocenters. The van der Waals surface area contributed by atoms with E-state index in [9.17, 15) is 4.79 Å². The quantitative estimate of drug-likeness (QED) is 0.716. The largest absolute Gasteiger partial charge is 0.478 e. The highest BCUT2D eigenvalue weighted by Crippen LogP contribution is 2.34. The third-order valence-electron chi connectivity index (χ3n) is 3.02. The fourth-order valence-electron chi connectivity index (χ4n) is 2.27. The summed E-state index contributed by atoms with van der Waals surface area (Å²) in [7, 11) is 0. The van der Waals surface area contributed by atoms with Crippen LogP contribution in [-0.2, 0) is 24.2 Å². The molecule has 1 aliphatic heterocycles. The number of carboxylic acids is 1. The normalized spacial score (nSPS) is 18.3. The Hall–Kier alpha value is -1.55. The van der Waals surface area contributed by atoms with E-state index in [-0.39, 0.29) is 0 Å². The fourth-order valence-corrected chi connectivity index (χ4v) is 2.27.